The van der Waals surface area contributed by atoms with E-state index in [0.717, 1.165) is 47.2 Å². The molecule has 0 heterocycles. The van der Waals surface area contributed by atoms with Crippen LogP contribution in [0.4, 0.5) is 5.69 Å². The number of phenols is 1. The summed E-state index contributed by atoms with van der Waals surface area (Å²) >= 11 is 0. The van der Waals surface area contributed by atoms with Gasteiger partial charge in [-0.1, -0.05) is 75.6 Å². The number of rotatable bonds is 9. The smallest absolute Gasteiger partial charge is 0.259 e. The minimum Gasteiger partial charge on any atom is -0.507 e. The van der Waals surface area contributed by atoms with E-state index in [1.807, 2.05) is 42.5 Å². The summed E-state index contributed by atoms with van der Waals surface area (Å²) in [7, 11) is 0. The molecule has 5 heteroatoms. The minimum absolute atomic E-state index is 0.103. The summed E-state index contributed by atoms with van der Waals surface area (Å²) in [6.07, 6.45) is 4.46. The zero-order chi connectivity index (χ0) is 24.8. The van der Waals surface area contributed by atoms with Gasteiger partial charge < -0.3 is 15.7 Å². The van der Waals surface area contributed by atoms with Gasteiger partial charge >= 0.3 is 0 Å². The number of hydrogen-bond donors (Lipinski definition) is 3. The summed E-state index contributed by atoms with van der Waals surface area (Å²) in [4.78, 5) is 25.9. The highest BCUT2D eigenvalue weighted by Crippen LogP contribution is 2.29. The Morgan fingerprint density at radius 2 is 1.66 bits per heavy atom. The van der Waals surface area contributed by atoms with Crippen LogP contribution in [-0.4, -0.2) is 23.5 Å². The van der Waals surface area contributed by atoms with Crippen LogP contribution in [0.2, 0.25) is 0 Å². The molecule has 0 bridgehead atoms. The molecule has 180 valence electrons. The number of anilines is 1. The van der Waals surface area contributed by atoms with E-state index < -0.39 is 5.91 Å². The predicted molar refractivity (Wildman–Crippen MR) is 143 cm³/mol. The van der Waals surface area contributed by atoms with Gasteiger partial charge in [-0.3, -0.25) is 9.59 Å². The summed E-state index contributed by atoms with van der Waals surface area (Å²) in [6.45, 7) is 4.98. The predicted octanol–water partition coefficient (Wildman–Crippen LogP) is 6.90. The number of benzene rings is 4. The second kappa shape index (κ2) is 11.0. The molecular formula is C30H32N2O3. The molecule has 4 rings (SSSR count). The summed E-state index contributed by atoms with van der Waals surface area (Å²) in [6, 6.07) is 22.0. The van der Waals surface area contributed by atoms with E-state index in [1.54, 1.807) is 30.3 Å². The molecule has 0 spiro atoms. The second-order valence-corrected chi connectivity index (χ2v) is 9.04. The number of fused-ring (bicyclic) bond motifs is 2. The summed E-state index contributed by atoms with van der Waals surface area (Å²) in [5.74, 6) is -0.163. The van der Waals surface area contributed by atoms with Crippen molar-refractivity contribution >= 4 is 39.0 Å². The number of phenolic OH excluding ortho intramolecular Hbond substituents is 1. The van der Waals surface area contributed by atoms with Crippen LogP contribution in [-0.2, 0) is 0 Å². The van der Waals surface area contributed by atoms with Crippen molar-refractivity contribution in [3.05, 3.63) is 83.9 Å². The lowest BCUT2D eigenvalue weighted by Gasteiger charge is -2.15. The van der Waals surface area contributed by atoms with E-state index in [0.29, 0.717) is 23.7 Å². The van der Waals surface area contributed by atoms with E-state index in [2.05, 4.69) is 24.5 Å². The molecule has 0 aliphatic heterocycles. The first-order valence-corrected chi connectivity index (χ1v) is 12.3. The molecule has 3 N–H and O–H groups in total. The van der Waals surface area contributed by atoms with Crippen LogP contribution in [0.15, 0.2) is 72.8 Å². The Hall–Kier alpha value is -3.86. The molecule has 2 amide bonds. The highest BCUT2D eigenvalue weighted by atomic mass is 16.3. The van der Waals surface area contributed by atoms with Crippen LogP contribution < -0.4 is 10.6 Å². The normalized spacial score (nSPS) is 11.9. The zero-order valence-corrected chi connectivity index (χ0v) is 20.3. The van der Waals surface area contributed by atoms with Crippen LogP contribution >= 0.6 is 0 Å². The van der Waals surface area contributed by atoms with Gasteiger partial charge in [-0.2, -0.15) is 0 Å². The average molecular weight is 469 g/mol. The largest absolute Gasteiger partial charge is 0.507 e. The third-order valence-electron chi connectivity index (χ3n) is 6.59. The highest BCUT2D eigenvalue weighted by molar-refractivity contribution is 6.12. The van der Waals surface area contributed by atoms with Crippen LogP contribution in [0.5, 0.6) is 5.75 Å². The van der Waals surface area contributed by atoms with Crippen molar-refractivity contribution in [2.75, 3.05) is 11.9 Å². The number of aromatic hydroxyl groups is 1. The van der Waals surface area contributed by atoms with Gasteiger partial charge in [-0.15, -0.1) is 0 Å². The van der Waals surface area contributed by atoms with Gasteiger partial charge in [0.25, 0.3) is 11.8 Å². The molecule has 0 aliphatic carbocycles. The molecule has 5 nitrogen and oxygen atoms in total. The third kappa shape index (κ3) is 5.62. The minimum atomic E-state index is -0.405. The fraction of sp³-hybridized carbons (Fsp3) is 0.267. The van der Waals surface area contributed by atoms with Gasteiger partial charge in [0.2, 0.25) is 0 Å². The molecule has 0 aromatic heterocycles. The quantitative estimate of drug-likeness (QED) is 0.250. The number of nitrogens with one attached hydrogen (secondary N) is 2. The van der Waals surface area contributed by atoms with Crippen molar-refractivity contribution in [3.8, 4) is 5.75 Å². The standard InChI is InChI=1S/C30H32N2O3/c1-3-5-9-20(4-2)19-31-29(34)23-15-14-22-18-28(33)26(17-24(22)16-23)30(35)32-27-13-8-11-21-10-6-7-12-25(21)27/h6-8,10-18,20,33H,3-5,9,19H2,1-2H3,(H,31,34)(H,32,35). The van der Waals surface area contributed by atoms with E-state index in [1.165, 1.54) is 0 Å². The van der Waals surface area contributed by atoms with Gasteiger partial charge in [-0.25, -0.2) is 0 Å². The summed E-state index contributed by atoms with van der Waals surface area (Å²) in [5.41, 5.74) is 1.37. The number of unbranched alkanes of at least 4 members (excludes halogenated alkanes) is 1. The number of amides is 2. The average Bonchev–Trinajstić information content (AvgIpc) is 2.88. The van der Waals surface area contributed by atoms with Gasteiger partial charge in [0.15, 0.2) is 0 Å². The number of carbonyl (C=O) groups is 2. The fourth-order valence-electron chi connectivity index (χ4n) is 4.42. The zero-order valence-electron chi connectivity index (χ0n) is 20.3. The molecule has 4 aromatic rings. The highest BCUT2D eigenvalue weighted by Gasteiger charge is 2.16. The van der Waals surface area contributed by atoms with E-state index in [4.69, 9.17) is 0 Å². The fourth-order valence-corrected chi connectivity index (χ4v) is 4.42. The van der Waals surface area contributed by atoms with Crippen molar-refractivity contribution in [2.24, 2.45) is 5.92 Å². The number of carbonyl (C=O) groups excluding carboxylic acids is 2. The third-order valence-corrected chi connectivity index (χ3v) is 6.59. The molecule has 1 unspecified atom stereocenters. The Kier molecular flexibility index (Phi) is 7.66. The number of hydrogen-bond acceptors (Lipinski definition) is 3. The Morgan fingerprint density at radius 1 is 0.857 bits per heavy atom. The Balaban J connectivity index is 1.55. The maximum Gasteiger partial charge on any atom is 0.259 e. The van der Waals surface area contributed by atoms with Crippen molar-refractivity contribution in [3.63, 3.8) is 0 Å². The Morgan fingerprint density at radius 3 is 2.46 bits per heavy atom. The van der Waals surface area contributed by atoms with E-state index in [9.17, 15) is 14.7 Å². The maximum absolute atomic E-state index is 13.1. The lowest BCUT2D eigenvalue weighted by Crippen LogP contribution is -2.29. The molecule has 1 atom stereocenters. The molecule has 0 saturated carbocycles. The van der Waals surface area contributed by atoms with Crippen molar-refractivity contribution in [2.45, 2.75) is 39.5 Å². The molecule has 0 radical (unpaired) electrons. The topological polar surface area (TPSA) is 78.4 Å². The lowest BCUT2D eigenvalue weighted by atomic mass is 9.99. The molecule has 0 fully saturated rings. The first-order valence-electron chi connectivity index (χ1n) is 12.3. The summed E-state index contributed by atoms with van der Waals surface area (Å²) < 4.78 is 0. The van der Waals surface area contributed by atoms with Gasteiger partial charge in [0.1, 0.15) is 5.75 Å². The van der Waals surface area contributed by atoms with Crippen molar-refractivity contribution in [1.29, 1.82) is 0 Å². The molecular weight excluding hydrogens is 436 g/mol. The van der Waals surface area contributed by atoms with E-state index in [-0.39, 0.29) is 17.2 Å². The Labute approximate surface area is 206 Å². The van der Waals surface area contributed by atoms with Gasteiger partial charge in [0, 0.05) is 23.2 Å². The van der Waals surface area contributed by atoms with Crippen LogP contribution in [0, 0.1) is 5.92 Å². The molecule has 0 aliphatic rings. The molecule has 35 heavy (non-hydrogen) atoms. The maximum atomic E-state index is 13.1. The molecule has 0 saturated heterocycles. The van der Waals surface area contributed by atoms with Gasteiger partial charge in [-0.05, 0) is 58.8 Å². The second-order valence-electron chi connectivity index (χ2n) is 9.04. The first kappa shape index (κ1) is 24.3. The monoisotopic (exact) mass is 468 g/mol. The Bertz CT molecular complexity index is 1360. The van der Waals surface area contributed by atoms with Crippen LogP contribution in [0.1, 0.15) is 60.2 Å². The van der Waals surface area contributed by atoms with Gasteiger partial charge in [0.05, 0.1) is 5.56 Å². The van der Waals surface area contributed by atoms with Crippen LogP contribution in [0.3, 0.4) is 0 Å². The SMILES string of the molecule is CCCCC(CC)CNC(=O)c1ccc2cc(O)c(C(=O)Nc3cccc4ccccc34)cc2c1. The van der Waals surface area contributed by atoms with E-state index >= 15 is 0 Å². The summed E-state index contributed by atoms with van der Waals surface area (Å²) in [5, 5.41) is 19.9. The van der Waals surface area contributed by atoms with Crippen molar-refractivity contribution in [1.82, 2.24) is 5.32 Å². The van der Waals surface area contributed by atoms with Crippen LogP contribution in [0.25, 0.3) is 21.5 Å². The lowest BCUT2D eigenvalue weighted by molar-refractivity contribution is 0.0945. The first-order chi connectivity index (χ1) is 17.0. The molecule has 4 aromatic carbocycles. The van der Waals surface area contributed by atoms with Crippen molar-refractivity contribution < 1.29 is 14.7 Å².